The molecule has 4 aromatic rings. The Morgan fingerprint density at radius 3 is 2.48 bits per heavy atom. The van der Waals surface area contributed by atoms with Crippen LogP contribution in [0.4, 0.5) is 0 Å². The lowest BCUT2D eigenvalue weighted by molar-refractivity contribution is 0.0733. The lowest BCUT2D eigenvalue weighted by Crippen LogP contribution is -2.32. The number of nitrogens with zero attached hydrogens (tertiary/aromatic N) is 3. The third kappa shape index (κ3) is 4.09. The molecule has 1 aromatic heterocycles. The van der Waals surface area contributed by atoms with E-state index in [1.165, 1.54) is 12.1 Å². The van der Waals surface area contributed by atoms with Crippen molar-refractivity contribution in [2.24, 2.45) is 7.05 Å². The van der Waals surface area contributed by atoms with Crippen LogP contribution in [0.25, 0.3) is 22.0 Å². The Balaban J connectivity index is 1.44. The zero-order chi connectivity index (χ0) is 23.2. The van der Waals surface area contributed by atoms with Crippen molar-refractivity contribution in [3.8, 4) is 16.9 Å². The van der Waals surface area contributed by atoms with Crippen molar-refractivity contribution in [3.05, 3.63) is 78.0 Å². The van der Waals surface area contributed by atoms with Crippen LogP contribution in [0.1, 0.15) is 15.9 Å². The Morgan fingerprint density at radius 1 is 1.00 bits per heavy atom. The highest BCUT2D eigenvalue weighted by Gasteiger charge is 2.22. The van der Waals surface area contributed by atoms with Gasteiger partial charge in [0.2, 0.25) is 0 Å². The predicted octanol–water partition coefficient (Wildman–Crippen LogP) is 3.68. The molecular weight excluding hydrogens is 438 g/mol. The van der Waals surface area contributed by atoms with E-state index >= 15 is 0 Å². The standard InChI is InChI=1S/C25H23N3O4S/c1-27-23-14-19(3-4-20(23)15-26-27)18-7-10-24-21(13-18)16-28(11-12-32-24)25(29)17-5-8-22(9-6-17)33(2,30)31/h3-10,13-15H,11-12,16H2,1-2H3. The number of rotatable bonds is 3. The largest absolute Gasteiger partial charge is 0.491 e. The van der Waals surface area contributed by atoms with Crippen LogP contribution < -0.4 is 4.74 Å². The summed E-state index contributed by atoms with van der Waals surface area (Å²) in [5.74, 6) is 0.608. The Morgan fingerprint density at radius 2 is 1.73 bits per heavy atom. The molecule has 0 spiro atoms. The van der Waals surface area contributed by atoms with E-state index in [2.05, 4.69) is 29.4 Å². The molecule has 2 heterocycles. The van der Waals surface area contributed by atoms with E-state index in [0.717, 1.165) is 39.6 Å². The number of carbonyl (C=O) groups is 1. The highest BCUT2D eigenvalue weighted by Crippen LogP contribution is 2.31. The number of fused-ring (bicyclic) bond motifs is 2. The minimum Gasteiger partial charge on any atom is -0.491 e. The molecule has 0 radical (unpaired) electrons. The summed E-state index contributed by atoms with van der Waals surface area (Å²) < 4.78 is 31.2. The highest BCUT2D eigenvalue weighted by atomic mass is 32.2. The second-order valence-electron chi connectivity index (χ2n) is 8.24. The van der Waals surface area contributed by atoms with Gasteiger partial charge in [0, 0.05) is 36.4 Å². The normalized spacial score (nSPS) is 13.9. The second kappa shape index (κ2) is 8.04. The molecule has 0 atom stereocenters. The summed E-state index contributed by atoms with van der Waals surface area (Å²) in [4.78, 5) is 15.1. The first-order valence-corrected chi connectivity index (χ1v) is 12.5. The zero-order valence-corrected chi connectivity index (χ0v) is 19.2. The molecule has 0 bridgehead atoms. The summed E-state index contributed by atoms with van der Waals surface area (Å²) >= 11 is 0. The van der Waals surface area contributed by atoms with E-state index in [1.807, 2.05) is 30.1 Å². The van der Waals surface area contributed by atoms with Gasteiger partial charge in [-0.1, -0.05) is 18.2 Å². The van der Waals surface area contributed by atoms with Crippen LogP contribution in [0, 0.1) is 0 Å². The molecule has 0 N–H and O–H groups in total. The third-order valence-electron chi connectivity index (χ3n) is 5.94. The van der Waals surface area contributed by atoms with Crippen LogP contribution in [0.2, 0.25) is 0 Å². The summed E-state index contributed by atoms with van der Waals surface area (Å²) in [5, 5.41) is 5.39. The van der Waals surface area contributed by atoms with Crippen molar-refractivity contribution in [1.82, 2.24) is 14.7 Å². The third-order valence-corrected chi connectivity index (χ3v) is 7.07. The van der Waals surface area contributed by atoms with Crippen molar-refractivity contribution in [2.75, 3.05) is 19.4 Å². The van der Waals surface area contributed by atoms with Gasteiger partial charge in [-0.3, -0.25) is 9.48 Å². The Labute approximate surface area is 192 Å². The lowest BCUT2D eigenvalue weighted by Gasteiger charge is -2.20. The Bertz CT molecular complexity index is 1470. The van der Waals surface area contributed by atoms with Gasteiger partial charge in [0.15, 0.2) is 9.84 Å². The molecule has 33 heavy (non-hydrogen) atoms. The van der Waals surface area contributed by atoms with E-state index in [-0.39, 0.29) is 10.8 Å². The number of amides is 1. The average Bonchev–Trinajstić information content (AvgIpc) is 3.04. The number of sulfone groups is 1. The van der Waals surface area contributed by atoms with Crippen LogP contribution in [-0.4, -0.2) is 48.4 Å². The van der Waals surface area contributed by atoms with E-state index in [4.69, 9.17) is 4.74 Å². The van der Waals surface area contributed by atoms with Gasteiger partial charge in [-0.15, -0.1) is 0 Å². The van der Waals surface area contributed by atoms with E-state index in [0.29, 0.717) is 25.3 Å². The van der Waals surface area contributed by atoms with Crippen LogP contribution >= 0.6 is 0 Å². The van der Waals surface area contributed by atoms with Gasteiger partial charge in [0.25, 0.3) is 5.91 Å². The first-order chi connectivity index (χ1) is 15.8. The number of ether oxygens (including phenoxy) is 1. The summed E-state index contributed by atoms with van der Waals surface area (Å²) in [6, 6.07) is 18.3. The lowest BCUT2D eigenvalue weighted by atomic mass is 10.0. The summed E-state index contributed by atoms with van der Waals surface area (Å²) in [6.07, 6.45) is 2.99. The number of aryl methyl sites for hydroxylation is 1. The summed E-state index contributed by atoms with van der Waals surface area (Å²) in [5.41, 5.74) is 4.52. The predicted molar refractivity (Wildman–Crippen MR) is 126 cm³/mol. The van der Waals surface area contributed by atoms with Crippen LogP contribution in [0.15, 0.2) is 71.8 Å². The molecule has 8 heteroatoms. The monoisotopic (exact) mass is 461 g/mol. The first kappa shape index (κ1) is 21.2. The molecule has 7 nitrogen and oxygen atoms in total. The minimum absolute atomic E-state index is 0.159. The van der Waals surface area contributed by atoms with Gasteiger partial charge in [0.05, 0.1) is 23.2 Å². The van der Waals surface area contributed by atoms with Gasteiger partial charge in [-0.2, -0.15) is 5.10 Å². The fourth-order valence-electron chi connectivity index (χ4n) is 4.10. The molecule has 0 unspecified atom stereocenters. The first-order valence-electron chi connectivity index (χ1n) is 10.6. The van der Waals surface area contributed by atoms with Gasteiger partial charge in [-0.25, -0.2) is 8.42 Å². The van der Waals surface area contributed by atoms with Crippen LogP contribution in [0.5, 0.6) is 5.75 Å². The summed E-state index contributed by atoms with van der Waals surface area (Å²) in [6.45, 7) is 1.24. The van der Waals surface area contributed by atoms with Gasteiger partial charge in [0.1, 0.15) is 12.4 Å². The number of carbonyl (C=O) groups excluding carboxylic acids is 1. The molecule has 5 rings (SSSR count). The van der Waals surface area contributed by atoms with Crippen molar-refractivity contribution in [3.63, 3.8) is 0 Å². The van der Waals surface area contributed by atoms with Crippen molar-refractivity contribution >= 4 is 26.6 Å². The molecule has 168 valence electrons. The van der Waals surface area contributed by atoms with E-state index < -0.39 is 9.84 Å². The SMILES string of the molecule is Cn1ncc2ccc(-c3ccc4c(c3)CN(C(=O)c3ccc(S(C)(=O)=O)cc3)CCO4)cc21. The molecule has 1 aliphatic heterocycles. The molecule has 3 aromatic carbocycles. The maximum atomic E-state index is 13.1. The maximum absolute atomic E-state index is 13.1. The molecule has 0 aliphatic carbocycles. The van der Waals surface area contributed by atoms with Crippen molar-refractivity contribution < 1.29 is 17.9 Å². The topological polar surface area (TPSA) is 81.5 Å². The quantitative estimate of drug-likeness (QED) is 0.465. The summed E-state index contributed by atoms with van der Waals surface area (Å²) in [7, 11) is -1.39. The fourth-order valence-corrected chi connectivity index (χ4v) is 4.73. The molecule has 0 saturated carbocycles. The van der Waals surface area contributed by atoms with Gasteiger partial charge in [-0.05, 0) is 53.6 Å². The molecule has 1 aliphatic rings. The molecular formula is C25H23N3O4S. The van der Waals surface area contributed by atoms with Gasteiger partial charge < -0.3 is 9.64 Å². The molecule has 0 saturated heterocycles. The number of aromatic nitrogens is 2. The van der Waals surface area contributed by atoms with Crippen molar-refractivity contribution in [2.45, 2.75) is 11.4 Å². The van der Waals surface area contributed by atoms with Crippen molar-refractivity contribution in [1.29, 1.82) is 0 Å². The highest BCUT2D eigenvalue weighted by molar-refractivity contribution is 7.90. The van der Waals surface area contributed by atoms with Crippen LogP contribution in [0.3, 0.4) is 0 Å². The van der Waals surface area contributed by atoms with Crippen LogP contribution in [-0.2, 0) is 23.4 Å². The Hall–Kier alpha value is -3.65. The van der Waals surface area contributed by atoms with E-state index in [1.54, 1.807) is 17.0 Å². The fraction of sp³-hybridized carbons (Fsp3) is 0.200. The maximum Gasteiger partial charge on any atom is 0.254 e. The minimum atomic E-state index is -3.31. The second-order valence-corrected chi connectivity index (χ2v) is 10.3. The van der Waals surface area contributed by atoms with Gasteiger partial charge >= 0.3 is 0 Å². The number of benzene rings is 3. The number of hydrogen-bond acceptors (Lipinski definition) is 5. The molecule has 1 amide bonds. The average molecular weight is 462 g/mol. The van der Waals surface area contributed by atoms with E-state index in [9.17, 15) is 13.2 Å². The zero-order valence-electron chi connectivity index (χ0n) is 18.4. The smallest absolute Gasteiger partial charge is 0.254 e. The Kier molecular flexibility index (Phi) is 5.17. The number of hydrogen-bond donors (Lipinski definition) is 0. The molecule has 0 fully saturated rings.